The molecule has 0 aromatic rings. The summed E-state index contributed by atoms with van der Waals surface area (Å²) in [7, 11) is 0. The highest BCUT2D eigenvalue weighted by Crippen LogP contribution is 2.38. The fourth-order valence-corrected chi connectivity index (χ4v) is 2.52. The van der Waals surface area contributed by atoms with Gasteiger partial charge in [0.15, 0.2) is 0 Å². The zero-order valence-electron chi connectivity index (χ0n) is 10.8. The molecule has 0 aromatic carbocycles. The van der Waals surface area contributed by atoms with Crippen LogP contribution < -0.4 is 5.73 Å². The summed E-state index contributed by atoms with van der Waals surface area (Å²) >= 11 is 0. The lowest BCUT2D eigenvalue weighted by Crippen LogP contribution is -2.25. The minimum absolute atomic E-state index is 0.409. The Bertz CT molecular complexity index is 147. The Morgan fingerprint density at radius 3 is 1.86 bits per heavy atom. The molecule has 0 aliphatic heterocycles. The fourth-order valence-electron chi connectivity index (χ4n) is 2.52. The van der Waals surface area contributed by atoms with Crippen LogP contribution in [-0.4, -0.2) is 6.54 Å². The standard InChI is InChI=1S/C13H29N/c1-6-7-8-12(2,3)11-13(4,5)9-10-14/h6-11,14H2,1-5H3. The maximum Gasteiger partial charge on any atom is -0.00722 e. The van der Waals surface area contributed by atoms with Crippen molar-refractivity contribution >= 4 is 0 Å². The summed E-state index contributed by atoms with van der Waals surface area (Å²) in [6.07, 6.45) is 6.43. The summed E-state index contributed by atoms with van der Waals surface area (Å²) in [5, 5.41) is 0. The van der Waals surface area contributed by atoms with Crippen LogP contribution >= 0.6 is 0 Å². The molecule has 0 saturated carbocycles. The summed E-state index contributed by atoms with van der Waals surface area (Å²) in [5.41, 5.74) is 6.52. The average Bonchev–Trinajstić information content (AvgIpc) is 1.98. The highest BCUT2D eigenvalue weighted by molar-refractivity contribution is 4.79. The molecule has 2 N–H and O–H groups in total. The number of unbranched alkanes of at least 4 members (excludes halogenated alkanes) is 1. The van der Waals surface area contributed by atoms with Crippen molar-refractivity contribution in [3.63, 3.8) is 0 Å². The van der Waals surface area contributed by atoms with Crippen molar-refractivity contribution in [1.29, 1.82) is 0 Å². The molecular formula is C13H29N. The summed E-state index contributed by atoms with van der Waals surface area (Å²) in [6.45, 7) is 12.5. The van der Waals surface area contributed by atoms with Gasteiger partial charge in [0.05, 0.1) is 0 Å². The molecule has 0 amide bonds. The van der Waals surface area contributed by atoms with Gasteiger partial charge >= 0.3 is 0 Å². The molecule has 0 aliphatic carbocycles. The molecule has 0 aromatic heterocycles. The first kappa shape index (κ1) is 14.0. The van der Waals surface area contributed by atoms with E-state index in [-0.39, 0.29) is 0 Å². The van der Waals surface area contributed by atoms with Crippen LogP contribution in [0.5, 0.6) is 0 Å². The van der Waals surface area contributed by atoms with Gasteiger partial charge in [0.2, 0.25) is 0 Å². The third-order valence-electron chi connectivity index (χ3n) is 2.99. The Morgan fingerprint density at radius 1 is 0.929 bits per heavy atom. The predicted octanol–water partition coefficient (Wildman–Crippen LogP) is 3.97. The smallest absolute Gasteiger partial charge is 0.00722 e. The second kappa shape index (κ2) is 5.75. The number of nitrogens with two attached hydrogens (primary N) is 1. The van der Waals surface area contributed by atoms with Gasteiger partial charge in [-0.2, -0.15) is 0 Å². The maximum absolute atomic E-state index is 5.63. The second-order valence-corrected chi connectivity index (χ2v) is 6.15. The predicted molar refractivity (Wildman–Crippen MR) is 65.4 cm³/mol. The van der Waals surface area contributed by atoms with Gasteiger partial charge < -0.3 is 5.73 Å². The van der Waals surface area contributed by atoms with E-state index < -0.39 is 0 Å². The largest absolute Gasteiger partial charge is 0.330 e. The van der Waals surface area contributed by atoms with E-state index in [0.29, 0.717) is 10.8 Å². The maximum atomic E-state index is 5.63. The van der Waals surface area contributed by atoms with Crippen LogP contribution in [0.2, 0.25) is 0 Å². The number of hydrogen-bond donors (Lipinski definition) is 1. The van der Waals surface area contributed by atoms with Crippen molar-refractivity contribution in [2.24, 2.45) is 16.6 Å². The van der Waals surface area contributed by atoms with E-state index >= 15 is 0 Å². The van der Waals surface area contributed by atoms with Crippen LogP contribution in [-0.2, 0) is 0 Å². The van der Waals surface area contributed by atoms with Gasteiger partial charge in [-0.3, -0.25) is 0 Å². The fraction of sp³-hybridized carbons (Fsp3) is 1.00. The molecule has 0 unspecified atom stereocenters. The minimum Gasteiger partial charge on any atom is -0.330 e. The quantitative estimate of drug-likeness (QED) is 0.659. The third kappa shape index (κ3) is 6.42. The highest BCUT2D eigenvalue weighted by atomic mass is 14.5. The van der Waals surface area contributed by atoms with Gasteiger partial charge in [-0.1, -0.05) is 47.5 Å². The molecule has 1 nitrogen and oxygen atoms in total. The Labute approximate surface area is 90.5 Å². The zero-order chi connectivity index (χ0) is 11.2. The first-order chi connectivity index (χ1) is 6.33. The van der Waals surface area contributed by atoms with Crippen molar-refractivity contribution in [2.45, 2.75) is 66.7 Å². The number of hydrogen-bond acceptors (Lipinski definition) is 1. The molecule has 1 heteroatoms. The first-order valence-electron chi connectivity index (χ1n) is 6.03. The van der Waals surface area contributed by atoms with E-state index in [9.17, 15) is 0 Å². The molecule has 14 heavy (non-hydrogen) atoms. The molecule has 0 spiro atoms. The number of rotatable bonds is 7. The lowest BCUT2D eigenvalue weighted by molar-refractivity contribution is 0.171. The molecule has 0 heterocycles. The SMILES string of the molecule is CCCCC(C)(C)CC(C)(C)CCN. The van der Waals surface area contributed by atoms with E-state index in [1.165, 1.54) is 25.7 Å². The van der Waals surface area contributed by atoms with E-state index in [1.54, 1.807) is 0 Å². The molecule has 0 fully saturated rings. The summed E-state index contributed by atoms with van der Waals surface area (Å²) in [6, 6.07) is 0. The van der Waals surface area contributed by atoms with Crippen molar-refractivity contribution < 1.29 is 0 Å². The van der Waals surface area contributed by atoms with Gasteiger partial charge in [-0.15, -0.1) is 0 Å². The van der Waals surface area contributed by atoms with E-state index in [4.69, 9.17) is 5.73 Å². The van der Waals surface area contributed by atoms with Crippen LogP contribution in [0.4, 0.5) is 0 Å². The van der Waals surface area contributed by atoms with Crippen LogP contribution in [0.1, 0.15) is 66.7 Å². The zero-order valence-corrected chi connectivity index (χ0v) is 10.8. The third-order valence-corrected chi connectivity index (χ3v) is 2.99. The molecule has 0 atom stereocenters. The van der Waals surface area contributed by atoms with Crippen molar-refractivity contribution in [3.05, 3.63) is 0 Å². The van der Waals surface area contributed by atoms with E-state index in [1.807, 2.05) is 0 Å². The highest BCUT2D eigenvalue weighted by Gasteiger charge is 2.27. The lowest BCUT2D eigenvalue weighted by atomic mass is 9.71. The van der Waals surface area contributed by atoms with E-state index in [0.717, 1.165) is 13.0 Å². The minimum atomic E-state index is 0.409. The monoisotopic (exact) mass is 199 g/mol. The summed E-state index contributed by atoms with van der Waals surface area (Å²) in [4.78, 5) is 0. The van der Waals surface area contributed by atoms with Gasteiger partial charge in [0.25, 0.3) is 0 Å². The topological polar surface area (TPSA) is 26.0 Å². The van der Waals surface area contributed by atoms with Crippen LogP contribution in [0, 0.1) is 10.8 Å². The molecular weight excluding hydrogens is 170 g/mol. The molecule has 86 valence electrons. The molecule has 0 rings (SSSR count). The van der Waals surface area contributed by atoms with Crippen LogP contribution in [0.3, 0.4) is 0 Å². The van der Waals surface area contributed by atoms with Crippen molar-refractivity contribution in [3.8, 4) is 0 Å². The average molecular weight is 199 g/mol. The Morgan fingerprint density at radius 2 is 1.43 bits per heavy atom. The molecule has 0 saturated heterocycles. The Hall–Kier alpha value is -0.0400. The van der Waals surface area contributed by atoms with Gasteiger partial charge in [0.1, 0.15) is 0 Å². The van der Waals surface area contributed by atoms with Crippen LogP contribution in [0.25, 0.3) is 0 Å². The lowest BCUT2D eigenvalue weighted by Gasteiger charge is -2.35. The van der Waals surface area contributed by atoms with Crippen LogP contribution in [0.15, 0.2) is 0 Å². The normalized spacial score (nSPS) is 13.3. The van der Waals surface area contributed by atoms with Gasteiger partial charge in [0, 0.05) is 0 Å². The van der Waals surface area contributed by atoms with Gasteiger partial charge in [-0.05, 0) is 36.6 Å². The van der Waals surface area contributed by atoms with Crippen molar-refractivity contribution in [2.75, 3.05) is 6.54 Å². The Kier molecular flexibility index (Phi) is 5.73. The summed E-state index contributed by atoms with van der Waals surface area (Å²) in [5.74, 6) is 0. The van der Waals surface area contributed by atoms with Gasteiger partial charge in [-0.25, -0.2) is 0 Å². The molecule has 0 radical (unpaired) electrons. The second-order valence-electron chi connectivity index (χ2n) is 6.15. The molecule has 0 aliphatic rings. The van der Waals surface area contributed by atoms with Crippen molar-refractivity contribution in [1.82, 2.24) is 0 Å². The first-order valence-corrected chi connectivity index (χ1v) is 6.03. The van der Waals surface area contributed by atoms with E-state index in [2.05, 4.69) is 34.6 Å². The summed E-state index contributed by atoms with van der Waals surface area (Å²) < 4.78 is 0. The molecule has 0 bridgehead atoms. The Balaban J connectivity index is 4.05.